The van der Waals surface area contributed by atoms with Crippen molar-refractivity contribution in [3.63, 3.8) is 0 Å². The number of rotatable bonds is 1. The van der Waals surface area contributed by atoms with Crippen LogP contribution in [0.1, 0.15) is 12.8 Å². The Hall–Kier alpha value is -0.220. The molecule has 1 saturated carbocycles. The number of aliphatic hydroxyl groups excluding tert-OH is 1. The van der Waals surface area contributed by atoms with E-state index in [1.54, 1.807) is 0 Å². The standard InChI is InChI=1S/C8H13F2NO/c9-8(10)1-5-3-11-7(4-12)6(5)2-8/h5-7,11-12H,1-4H2/t5-,6?,7+/m0/s1. The number of fused-ring (bicyclic) bond motifs is 1. The normalized spacial score (nSPS) is 44.8. The number of alkyl halides is 2. The highest BCUT2D eigenvalue weighted by atomic mass is 19.3. The van der Waals surface area contributed by atoms with E-state index in [1.165, 1.54) is 0 Å². The lowest BCUT2D eigenvalue weighted by Crippen LogP contribution is -2.32. The van der Waals surface area contributed by atoms with Crippen LogP contribution in [0.15, 0.2) is 0 Å². The van der Waals surface area contributed by atoms with Crippen molar-refractivity contribution in [2.45, 2.75) is 24.8 Å². The second-order valence-electron chi connectivity index (χ2n) is 3.89. The molecule has 0 radical (unpaired) electrons. The molecule has 2 rings (SSSR count). The third kappa shape index (κ3) is 1.23. The third-order valence-electron chi connectivity index (χ3n) is 3.06. The summed E-state index contributed by atoms with van der Waals surface area (Å²) in [6, 6.07) is -0.0941. The van der Waals surface area contributed by atoms with Gasteiger partial charge >= 0.3 is 0 Å². The first-order chi connectivity index (χ1) is 5.62. The van der Waals surface area contributed by atoms with Gasteiger partial charge in [0.15, 0.2) is 0 Å². The quantitative estimate of drug-likeness (QED) is 0.615. The van der Waals surface area contributed by atoms with Crippen molar-refractivity contribution < 1.29 is 13.9 Å². The number of halogens is 2. The predicted octanol–water partition coefficient (Wildman–Crippen LogP) is 0.612. The first kappa shape index (κ1) is 8.38. The number of hydrogen-bond donors (Lipinski definition) is 2. The third-order valence-corrected chi connectivity index (χ3v) is 3.06. The van der Waals surface area contributed by atoms with Gasteiger partial charge in [0.25, 0.3) is 0 Å². The van der Waals surface area contributed by atoms with E-state index >= 15 is 0 Å². The summed E-state index contributed by atoms with van der Waals surface area (Å²) in [5.74, 6) is -2.41. The molecule has 0 aromatic heterocycles. The maximum atomic E-state index is 12.9. The molecule has 70 valence electrons. The van der Waals surface area contributed by atoms with Crippen LogP contribution in [-0.4, -0.2) is 30.2 Å². The Bertz CT molecular complexity index is 186. The lowest BCUT2D eigenvalue weighted by atomic mass is 9.95. The minimum Gasteiger partial charge on any atom is -0.395 e. The molecular weight excluding hydrogens is 164 g/mol. The van der Waals surface area contributed by atoms with Crippen LogP contribution in [0.2, 0.25) is 0 Å². The SMILES string of the molecule is OC[C@H]1NC[C@@H]2CC(F)(F)CC21. The van der Waals surface area contributed by atoms with Gasteiger partial charge in [-0.3, -0.25) is 0 Å². The fraction of sp³-hybridized carbons (Fsp3) is 1.00. The summed E-state index contributed by atoms with van der Waals surface area (Å²) >= 11 is 0. The monoisotopic (exact) mass is 177 g/mol. The van der Waals surface area contributed by atoms with Crippen LogP contribution in [0, 0.1) is 11.8 Å². The Labute approximate surface area is 70.0 Å². The van der Waals surface area contributed by atoms with Crippen LogP contribution >= 0.6 is 0 Å². The van der Waals surface area contributed by atoms with E-state index in [-0.39, 0.29) is 37.3 Å². The summed E-state index contributed by atoms with van der Waals surface area (Å²) < 4.78 is 25.7. The van der Waals surface area contributed by atoms with Gasteiger partial charge in [0.1, 0.15) is 0 Å². The van der Waals surface area contributed by atoms with Gasteiger partial charge in [-0.2, -0.15) is 0 Å². The summed E-state index contributed by atoms with van der Waals surface area (Å²) in [6.45, 7) is 0.628. The van der Waals surface area contributed by atoms with Crippen LogP contribution in [0.3, 0.4) is 0 Å². The van der Waals surface area contributed by atoms with Gasteiger partial charge < -0.3 is 10.4 Å². The van der Waals surface area contributed by atoms with Crippen molar-refractivity contribution >= 4 is 0 Å². The van der Waals surface area contributed by atoms with Crippen molar-refractivity contribution in [2.24, 2.45) is 11.8 Å². The highest BCUT2D eigenvalue weighted by Gasteiger charge is 2.51. The summed E-state index contributed by atoms with van der Waals surface area (Å²) in [6.07, 6.45) is -0.0446. The molecule has 2 fully saturated rings. The van der Waals surface area contributed by atoms with Gasteiger partial charge in [0, 0.05) is 18.9 Å². The van der Waals surface area contributed by atoms with E-state index in [1.807, 2.05) is 0 Å². The molecular formula is C8H13F2NO. The fourth-order valence-electron chi connectivity index (χ4n) is 2.48. The van der Waals surface area contributed by atoms with Gasteiger partial charge in [-0.1, -0.05) is 0 Å². The summed E-state index contributed by atoms with van der Waals surface area (Å²) in [4.78, 5) is 0. The van der Waals surface area contributed by atoms with Crippen molar-refractivity contribution in [1.29, 1.82) is 0 Å². The molecule has 1 aliphatic carbocycles. The Morgan fingerprint density at radius 1 is 1.42 bits per heavy atom. The Kier molecular flexibility index (Phi) is 1.84. The molecule has 0 aromatic rings. The molecule has 0 aromatic carbocycles. The average Bonchev–Trinajstić information content (AvgIpc) is 2.42. The summed E-state index contributed by atoms with van der Waals surface area (Å²) in [7, 11) is 0. The molecule has 4 heteroatoms. The zero-order chi connectivity index (χ0) is 8.77. The molecule has 1 saturated heterocycles. The van der Waals surface area contributed by atoms with Gasteiger partial charge in [-0.15, -0.1) is 0 Å². The van der Waals surface area contributed by atoms with Crippen molar-refractivity contribution in [1.82, 2.24) is 5.32 Å². The fourth-order valence-corrected chi connectivity index (χ4v) is 2.48. The molecule has 1 unspecified atom stereocenters. The highest BCUT2D eigenvalue weighted by Crippen LogP contribution is 2.46. The van der Waals surface area contributed by atoms with Gasteiger partial charge in [-0.05, 0) is 18.4 Å². The Balaban J connectivity index is 2.06. The lowest BCUT2D eigenvalue weighted by Gasteiger charge is -2.15. The van der Waals surface area contributed by atoms with Crippen LogP contribution in [0.5, 0.6) is 0 Å². The van der Waals surface area contributed by atoms with Crippen molar-refractivity contribution in [3.05, 3.63) is 0 Å². The molecule has 2 nitrogen and oxygen atoms in total. The van der Waals surface area contributed by atoms with E-state index in [9.17, 15) is 8.78 Å². The average molecular weight is 177 g/mol. The van der Waals surface area contributed by atoms with Crippen LogP contribution in [-0.2, 0) is 0 Å². The topological polar surface area (TPSA) is 32.3 Å². The van der Waals surface area contributed by atoms with Gasteiger partial charge in [0.2, 0.25) is 5.92 Å². The minimum absolute atomic E-state index is 0.00116. The minimum atomic E-state index is -2.48. The van der Waals surface area contributed by atoms with Crippen molar-refractivity contribution in [2.75, 3.05) is 13.2 Å². The molecule has 1 heterocycles. The maximum absolute atomic E-state index is 12.9. The zero-order valence-electron chi connectivity index (χ0n) is 6.76. The predicted molar refractivity (Wildman–Crippen MR) is 40.0 cm³/mol. The van der Waals surface area contributed by atoms with Crippen LogP contribution in [0.4, 0.5) is 8.78 Å². The van der Waals surface area contributed by atoms with E-state index in [0.29, 0.717) is 6.54 Å². The maximum Gasteiger partial charge on any atom is 0.248 e. The molecule has 0 bridgehead atoms. The molecule has 12 heavy (non-hydrogen) atoms. The van der Waals surface area contributed by atoms with Gasteiger partial charge in [0.05, 0.1) is 6.61 Å². The van der Waals surface area contributed by atoms with E-state index in [0.717, 1.165) is 0 Å². The molecule has 3 atom stereocenters. The number of aliphatic hydroxyl groups is 1. The smallest absolute Gasteiger partial charge is 0.248 e. The summed E-state index contributed by atoms with van der Waals surface area (Å²) in [5.41, 5.74) is 0. The zero-order valence-corrected chi connectivity index (χ0v) is 6.76. The molecule has 0 amide bonds. The highest BCUT2D eigenvalue weighted by molar-refractivity contribution is 4.99. The molecule has 2 aliphatic rings. The number of nitrogens with one attached hydrogen (secondary N) is 1. The van der Waals surface area contributed by atoms with E-state index in [2.05, 4.69) is 5.32 Å². The number of hydrogen-bond acceptors (Lipinski definition) is 2. The second kappa shape index (κ2) is 2.64. The van der Waals surface area contributed by atoms with E-state index < -0.39 is 5.92 Å². The lowest BCUT2D eigenvalue weighted by molar-refractivity contribution is -0.00159. The van der Waals surface area contributed by atoms with Gasteiger partial charge in [-0.25, -0.2) is 8.78 Å². The Morgan fingerprint density at radius 3 is 2.83 bits per heavy atom. The van der Waals surface area contributed by atoms with E-state index in [4.69, 9.17) is 5.11 Å². The van der Waals surface area contributed by atoms with Crippen LogP contribution < -0.4 is 5.32 Å². The second-order valence-corrected chi connectivity index (χ2v) is 3.89. The molecule has 0 spiro atoms. The molecule has 2 N–H and O–H groups in total. The first-order valence-corrected chi connectivity index (χ1v) is 4.34. The summed E-state index contributed by atoms with van der Waals surface area (Å²) in [5, 5.41) is 11.9. The van der Waals surface area contributed by atoms with Crippen molar-refractivity contribution in [3.8, 4) is 0 Å². The van der Waals surface area contributed by atoms with Crippen LogP contribution in [0.25, 0.3) is 0 Å². The largest absolute Gasteiger partial charge is 0.395 e. The Morgan fingerprint density at radius 2 is 2.17 bits per heavy atom. The molecule has 1 aliphatic heterocycles. The first-order valence-electron chi connectivity index (χ1n) is 4.34.